The molecule has 7 saturated heterocycles. The molecule has 5 aliphatic carbocycles. The lowest BCUT2D eigenvalue weighted by molar-refractivity contribution is -0.385. The zero-order valence-corrected chi connectivity index (χ0v) is 60.6. The fourth-order valence-electron chi connectivity index (χ4n) is 20.4. The summed E-state index contributed by atoms with van der Waals surface area (Å²) in [5.74, 6) is -1.45. The van der Waals surface area contributed by atoms with Gasteiger partial charge < -0.3 is 174 Å². The summed E-state index contributed by atoms with van der Waals surface area (Å²) in [5.41, 5.74) is -3.02. The van der Waals surface area contributed by atoms with Crippen LogP contribution < -0.4 is 0 Å². The van der Waals surface area contributed by atoms with Crippen molar-refractivity contribution < 1.29 is 178 Å². The van der Waals surface area contributed by atoms with Gasteiger partial charge in [-0.1, -0.05) is 60.1 Å². The fourth-order valence-corrected chi connectivity index (χ4v) is 20.4. The number of carbonyl (C=O) groups is 1. The van der Waals surface area contributed by atoms with Gasteiger partial charge in [-0.2, -0.15) is 0 Å². The molecule has 0 unspecified atom stereocenters. The first-order valence-electron chi connectivity index (χ1n) is 37.1. The standard InChI is InChI=1S/C70H114O36/c1-25-38(77)42(81)47(86)60(96-25)103-54-31(20-72)98-57(49(88)44(54)83)95-24-33-40(79)43(82)48(87)62(100-33)106-64(92)70-16-15-65(2,3)17-27(70)26-9-10-35-67(6)13-12-37(66(4,5)34(67)11-14-68(35,7)69(26,8)18-36(70)76)101-59-51(90)53(29(75)23-94-59)102-61-50(89)45(84)55(32(21-73)99-61)104-63-52(91)56(41(80)30(19-71)97-63)105-58-46(85)39(78)28(74)22-93-58/h9,25,27-63,71-91H,10-24H2,1-8H3/t25-,27-,28+,29-,30+,31+,32+,33+,34-,35+,36+,37-,38-,39-,40+,41-,42+,43-,44+,45+,46+,47+,48+,49+,50+,51+,52+,53-,54+,55+,56-,57+,58-,59-,60-,61-,62-,63-,67-,68+,69+,70+/m0/s1. The van der Waals surface area contributed by atoms with Gasteiger partial charge in [0, 0.05) is 0 Å². The molecule has 7 aliphatic heterocycles. The highest BCUT2D eigenvalue weighted by Crippen LogP contribution is 2.76. The number of hydrogen-bond acceptors (Lipinski definition) is 36. The van der Waals surface area contributed by atoms with Crippen LogP contribution in [0.4, 0.5) is 0 Å². The number of allylic oxidation sites excluding steroid dienone is 2. The van der Waals surface area contributed by atoms with E-state index in [0.717, 1.165) is 5.57 Å². The average molecular weight is 1530 g/mol. The molecule has 0 amide bonds. The monoisotopic (exact) mass is 1530 g/mol. The van der Waals surface area contributed by atoms with Crippen LogP contribution in [0.1, 0.15) is 113 Å². The van der Waals surface area contributed by atoms with Gasteiger partial charge in [0.2, 0.25) is 6.29 Å². The van der Waals surface area contributed by atoms with Crippen LogP contribution in [-0.2, 0) is 71.1 Å². The van der Waals surface area contributed by atoms with Crippen molar-refractivity contribution in [1.29, 1.82) is 0 Å². The van der Waals surface area contributed by atoms with Crippen molar-refractivity contribution >= 4 is 5.97 Å². The molecule has 36 nitrogen and oxygen atoms in total. The summed E-state index contributed by atoms with van der Waals surface area (Å²) in [6.45, 7) is 12.3. The molecule has 4 saturated carbocycles. The van der Waals surface area contributed by atoms with Gasteiger partial charge in [-0.15, -0.1) is 0 Å². The van der Waals surface area contributed by atoms with Crippen LogP contribution in [0.5, 0.6) is 0 Å². The third-order valence-electron chi connectivity index (χ3n) is 26.9. The molecule has 42 atom stereocenters. The Labute approximate surface area is 612 Å². The largest absolute Gasteiger partial charge is 0.432 e. The highest BCUT2D eigenvalue weighted by atomic mass is 16.8. The van der Waals surface area contributed by atoms with E-state index in [1.54, 1.807) is 0 Å². The Morgan fingerprint density at radius 1 is 0.453 bits per heavy atom. The molecule has 36 heteroatoms. The Hall–Kier alpha value is -2.15. The van der Waals surface area contributed by atoms with Crippen LogP contribution in [0.25, 0.3) is 0 Å². The first-order chi connectivity index (χ1) is 49.7. The maximum absolute atomic E-state index is 15.4. The lowest BCUT2D eigenvalue weighted by Crippen LogP contribution is -2.68. The lowest BCUT2D eigenvalue weighted by Gasteiger charge is -2.71. The third kappa shape index (κ3) is 14.4. The van der Waals surface area contributed by atoms with Crippen LogP contribution in [0, 0.1) is 50.2 Å². The van der Waals surface area contributed by atoms with E-state index in [-0.39, 0.29) is 35.5 Å². The zero-order chi connectivity index (χ0) is 77.3. The van der Waals surface area contributed by atoms with Crippen molar-refractivity contribution in [3.63, 3.8) is 0 Å². The van der Waals surface area contributed by atoms with E-state index in [1.165, 1.54) is 6.92 Å². The summed E-state index contributed by atoms with van der Waals surface area (Å²) >= 11 is 0. The molecule has 12 rings (SSSR count). The van der Waals surface area contributed by atoms with Crippen molar-refractivity contribution in [3.05, 3.63) is 11.6 Å². The van der Waals surface area contributed by atoms with Crippen molar-refractivity contribution in [3.8, 4) is 0 Å². The number of aliphatic hydroxyl groups excluding tert-OH is 21. The predicted molar refractivity (Wildman–Crippen MR) is 349 cm³/mol. The molecular weight excluding hydrogens is 1420 g/mol. The average Bonchev–Trinajstić information content (AvgIpc) is 0.671. The molecule has 0 spiro atoms. The van der Waals surface area contributed by atoms with Gasteiger partial charge in [0.1, 0.15) is 158 Å². The molecular formula is C70H114O36. The predicted octanol–water partition coefficient (Wildman–Crippen LogP) is -7.29. The van der Waals surface area contributed by atoms with Crippen LogP contribution in [0.2, 0.25) is 0 Å². The quantitative estimate of drug-likeness (QED) is 0.0344. The van der Waals surface area contributed by atoms with Gasteiger partial charge >= 0.3 is 5.97 Å². The number of fused-ring (bicyclic) bond motifs is 7. The number of rotatable bonds is 18. The van der Waals surface area contributed by atoms with Gasteiger partial charge in [-0.25, -0.2) is 0 Å². The molecule has 7 heterocycles. The Morgan fingerprint density at radius 3 is 1.60 bits per heavy atom. The van der Waals surface area contributed by atoms with E-state index in [9.17, 15) is 107 Å². The third-order valence-corrected chi connectivity index (χ3v) is 26.9. The maximum atomic E-state index is 15.4. The highest BCUT2D eigenvalue weighted by molar-refractivity contribution is 5.80. The van der Waals surface area contributed by atoms with Crippen LogP contribution in [0.15, 0.2) is 11.6 Å². The van der Waals surface area contributed by atoms with Gasteiger partial charge in [-0.05, 0) is 110 Å². The molecule has 0 bridgehead atoms. The summed E-state index contributed by atoms with van der Waals surface area (Å²) in [6, 6.07) is 0. The zero-order valence-electron chi connectivity index (χ0n) is 60.6. The number of aliphatic hydroxyl groups is 21. The van der Waals surface area contributed by atoms with E-state index < -0.39 is 288 Å². The summed E-state index contributed by atoms with van der Waals surface area (Å²) in [4.78, 5) is 15.4. The molecule has 11 fully saturated rings. The number of esters is 1. The van der Waals surface area contributed by atoms with Crippen molar-refractivity contribution in [1.82, 2.24) is 0 Å². The van der Waals surface area contributed by atoms with Crippen LogP contribution in [0.3, 0.4) is 0 Å². The Morgan fingerprint density at radius 2 is 0.962 bits per heavy atom. The molecule has 12 aliphatic rings. The molecule has 0 aromatic heterocycles. The molecule has 0 aromatic carbocycles. The van der Waals surface area contributed by atoms with Gasteiger partial charge in [0.25, 0.3) is 0 Å². The van der Waals surface area contributed by atoms with E-state index in [1.807, 2.05) is 0 Å². The Bertz CT molecular complexity index is 3010. The molecule has 106 heavy (non-hydrogen) atoms. The number of ether oxygens (including phenoxy) is 14. The lowest BCUT2D eigenvalue weighted by atomic mass is 9.33. The SMILES string of the molecule is C[C@@H]1O[C@@H](O[C@H]2[C@H](O)[C@@H](O)[C@H](OC[C@H]3O[C@@H](OC(=O)[C@]45CCC(C)(C)C[C@H]4C4=CC[C@@H]6[C@@]7(C)CC[C@H](O[C@@H]8OC[C@H](O)[C@H](O[C@@H]9O[C@H](CO)[C@@H](O[C@@H]%10O[C@H](CO)[C@H](O)[C@H](O[C@@H]%11OC[C@@H](O)[C@H](O)[C@H]%11O)[C@H]%10O)[C@H](O)[C@H]9O)[C@H]8O)C(C)(C)[C@@H]7CC[C@@]6(C)[C@]4(C)C[C@H]5O)[C@H](O)[C@@H](O)[C@@H]3O)O[C@@H]2CO)[C@H](O)[C@H](O)[C@H]1O. The highest BCUT2D eigenvalue weighted by Gasteiger charge is 2.73. The summed E-state index contributed by atoms with van der Waals surface area (Å²) < 4.78 is 82.0. The normalized spacial score (nSPS) is 54.6. The first-order valence-corrected chi connectivity index (χ1v) is 37.1. The molecule has 21 N–H and O–H groups in total. The first kappa shape index (κ1) is 83.3. The second-order valence-corrected chi connectivity index (χ2v) is 33.9. The van der Waals surface area contributed by atoms with Crippen molar-refractivity contribution in [2.24, 2.45) is 50.2 Å². The molecule has 610 valence electrons. The summed E-state index contributed by atoms with van der Waals surface area (Å²) in [5, 5.41) is 231. The van der Waals surface area contributed by atoms with E-state index in [2.05, 4.69) is 54.5 Å². The van der Waals surface area contributed by atoms with Crippen LogP contribution >= 0.6 is 0 Å². The Kier molecular flexibility index (Phi) is 24.8. The molecule has 0 aromatic rings. The maximum Gasteiger partial charge on any atom is 0.317 e. The van der Waals surface area contributed by atoms with Crippen LogP contribution in [-0.4, -0.2) is 368 Å². The smallest absolute Gasteiger partial charge is 0.317 e. The number of carbonyl (C=O) groups excluding carboxylic acids is 1. The van der Waals surface area contributed by atoms with Gasteiger partial charge in [-0.3, -0.25) is 4.79 Å². The second-order valence-electron chi connectivity index (χ2n) is 33.9. The van der Waals surface area contributed by atoms with Crippen molar-refractivity contribution in [2.45, 2.75) is 328 Å². The minimum Gasteiger partial charge on any atom is -0.432 e. The summed E-state index contributed by atoms with van der Waals surface area (Å²) in [6.07, 6.45) is -52.2. The second kappa shape index (κ2) is 31.6. The Balaban J connectivity index is 0.692. The fraction of sp³-hybridized carbons (Fsp3) is 0.957. The van der Waals surface area contributed by atoms with Gasteiger partial charge in [0.15, 0.2) is 37.7 Å². The van der Waals surface area contributed by atoms with E-state index in [4.69, 9.17) is 66.3 Å². The summed E-state index contributed by atoms with van der Waals surface area (Å²) in [7, 11) is 0. The van der Waals surface area contributed by atoms with Gasteiger partial charge in [0.05, 0.1) is 58.0 Å². The minimum atomic E-state index is -2.04. The van der Waals surface area contributed by atoms with E-state index in [0.29, 0.717) is 44.9 Å². The topological polar surface area (TPSA) is 571 Å². The molecule has 0 radical (unpaired) electrons. The van der Waals surface area contributed by atoms with E-state index >= 15 is 4.79 Å². The van der Waals surface area contributed by atoms with Crippen molar-refractivity contribution in [2.75, 3.05) is 39.6 Å². The minimum absolute atomic E-state index is 0.000269. The number of hydrogen-bond donors (Lipinski definition) is 21.